The van der Waals surface area contributed by atoms with Crippen molar-refractivity contribution in [2.24, 2.45) is 0 Å². The minimum atomic E-state index is -2.98. The van der Waals surface area contributed by atoms with E-state index in [9.17, 15) is 8.42 Å². The zero-order valence-corrected chi connectivity index (χ0v) is 9.10. The van der Waals surface area contributed by atoms with Crippen molar-refractivity contribution in [3.05, 3.63) is 0 Å². The molecule has 0 bridgehead atoms. The first kappa shape index (κ1) is 10.9. The highest BCUT2D eigenvalue weighted by Crippen LogP contribution is 2.12. The van der Waals surface area contributed by atoms with Gasteiger partial charge in [0.1, 0.15) is 0 Å². The lowest BCUT2D eigenvalue weighted by molar-refractivity contribution is 0.421. The molecule has 5 heteroatoms. The van der Waals surface area contributed by atoms with Gasteiger partial charge in [0.2, 0.25) is 10.0 Å². The van der Waals surface area contributed by atoms with Crippen molar-refractivity contribution in [3.8, 4) is 0 Å². The molecule has 0 saturated carbocycles. The fourth-order valence-electron chi connectivity index (χ4n) is 1.69. The molecule has 1 N–H and O–H groups in total. The number of nitrogens with one attached hydrogen (secondary N) is 1. The van der Waals surface area contributed by atoms with Crippen LogP contribution in [0.2, 0.25) is 0 Å². The number of hydrogen-bond donors (Lipinski definition) is 1. The molecular formula is C8H18N2O2S. The highest BCUT2D eigenvalue weighted by Gasteiger charge is 2.21. The molecule has 1 saturated heterocycles. The Bertz CT molecular complexity index is 251. The zero-order valence-electron chi connectivity index (χ0n) is 8.28. The lowest BCUT2D eigenvalue weighted by Crippen LogP contribution is -2.32. The Morgan fingerprint density at radius 3 is 2.54 bits per heavy atom. The molecule has 0 radical (unpaired) electrons. The van der Waals surface area contributed by atoms with Crippen molar-refractivity contribution in [1.82, 2.24) is 9.62 Å². The maximum Gasteiger partial charge on any atom is 0.211 e. The molecule has 1 atom stereocenters. The fourth-order valence-corrected chi connectivity index (χ4v) is 2.59. The van der Waals surface area contributed by atoms with Crippen LogP contribution in [0.25, 0.3) is 0 Å². The second-order valence-electron chi connectivity index (χ2n) is 3.58. The van der Waals surface area contributed by atoms with Gasteiger partial charge in [-0.15, -0.1) is 0 Å². The Labute approximate surface area is 80.4 Å². The molecular weight excluding hydrogens is 188 g/mol. The van der Waals surface area contributed by atoms with E-state index in [4.69, 9.17) is 0 Å². The van der Waals surface area contributed by atoms with Gasteiger partial charge in [0.05, 0.1) is 6.26 Å². The molecule has 4 nitrogen and oxygen atoms in total. The van der Waals surface area contributed by atoms with Crippen LogP contribution < -0.4 is 5.32 Å². The third kappa shape index (κ3) is 3.25. The summed E-state index contributed by atoms with van der Waals surface area (Å²) in [4.78, 5) is 0. The average molecular weight is 206 g/mol. The van der Waals surface area contributed by atoms with Crippen LogP contribution in [0, 0.1) is 0 Å². The van der Waals surface area contributed by atoms with E-state index in [1.54, 1.807) is 4.31 Å². The fraction of sp³-hybridized carbons (Fsp3) is 1.00. The highest BCUT2D eigenvalue weighted by molar-refractivity contribution is 7.88. The van der Waals surface area contributed by atoms with Gasteiger partial charge in [-0.25, -0.2) is 12.7 Å². The van der Waals surface area contributed by atoms with Gasteiger partial charge >= 0.3 is 0 Å². The Hall–Kier alpha value is -0.130. The predicted molar refractivity (Wildman–Crippen MR) is 53.1 cm³/mol. The van der Waals surface area contributed by atoms with E-state index in [-0.39, 0.29) is 0 Å². The minimum Gasteiger partial charge on any atom is -0.317 e. The van der Waals surface area contributed by atoms with Gasteiger partial charge in [0.25, 0.3) is 0 Å². The first-order valence-corrected chi connectivity index (χ1v) is 6.51. The third-order valence-electron chi connectivity index (χ3n) is 2.56. The molecule has 1 unspecified atom stereocenters. The standard InChI is InChI=1S/C8H18N2O2S/c1-9-8-4-3-6-10(7-5-8)13(2,11)12/h8-9H,3-7H2,1-2H3. The highest BCUT2D eigenvalue weighted by atomic mass is 32.2. The van der Waals surface area contributed by atoms with E-state index in [1.807, 2.05) is 7.05 Å². The molecule has 0 aliphatic carbocycles. The average Bonchev–Trinajstić information content (AvgIpc) is 2.26. The SMILES string of the molecule is CNC1CCCN(S(C)(=O)=O)CC1. The van der Waals surface area contributed by atoms with Crippen LogP contribution in [0.3, 0.4) is 0 Å². The summed E-state index contributed by atoms with van der Waals surface area (Å²) < 4.78 is 24.1. The van der Waals surface area contributed by atoms with Crippen LogP contribution in [0.5, 0.6) is 0 Å². The summed E-state index contributed by atoms with van der Waals surface area (Å²) in [5.41, 5.74) is 0. The van der Waals surface area contributed by atoms with Crippen molar-refractivity contribution >= 4 is 10.0 Å². The molecule has 0 aromatic heterocycles. The summed E-state index contributed by atoms with van der Waals surface area (Å²) in [6, 6.07) is 0.478. The van der Waals surface area contributed by atoms with Crippen molar-refractivity contribution < 1.29 is 8.42 Å². The topological polar surface area (TPSA) is 49.4 Å². The van der Waals surface area contributed by atoms with Gasteiger partial charge in [-0.05, 0) is 26.3 Å². The van der Waals surface area contributed by atoms with Gasteiger partial charge in [-0.3, -0.25) is 0 Å². The lowest BCUT2D eigenvalue weighted by atomic mass is 10.1. The third-order valence-corrected chi connectivity index (χ3v) is 3.87. The van der Waals surface area contributed by atoms with Crippen LogP contribution >= 0.6 is 0 Å². The quantitative estimate of drug-likeness (QED) is 0.693. The van der Waals surface area contributed by atoms with Crippen LogP contribution in [-0.2, 0) is 10.0 Å². The molecule has 0 spiro atoms. The van der Waals surface area contributed by atoms with Gasteiger partial charge in [0, 0.05) is 19.1 Å². The van der Waals surface area contributed by atoms with Crippen molar-refractivity contribution in [3.63, 3.8) is 0 Å². The second-order valence-corrected chi connectivity index (χ2v) is 5.56. The van der Waals surface area contributed by atoms with Crippen LogP contribution in [0.1, 0.15) is 19.3 Å². The van der Waals surface area contributed by atoms with Crippen molar-refractivity contribution in [1.29, 1.82) is 0 Å². The molecule has 1 heterocycles. The van der Waals surface area contributed by atoms with Gasteiger partial charge in [-0.1, -0.05) is 0 Å². The molecule has 1 aliphatic rings. The number of hydrogen-bond acceptors (Lipinski definition) is 3. The smallest absolute Gasteiger partial charge is 0.211 e. The number of nitrogens with zero attached hydrogens (tertiary/aromatic N) is 1. The Morgan fingerprint density at radius 2 is 2.00 bits per heavy atom. The maximum absolute atomic E-state index is 11.2. The van der Waals surface area contributed by atoms with Crippen LogP contribution in [0.4, 0.5) is 0 Å². The Kier molecular flexibility index (Phi) is 3.70. The first-order valence-electron chi connectivity index (χ1n) is 4.66. The number of sulfonamides is 1. The van der Waals surface area contributed by atoms with Crippen molar-refractivity contribution in [2.75, 3.05) is 26.4 Å². The van der Waals surface area contributed by atoms with E-state index in [0.717, 1.165) is 19.3 Å². The maximum atomic E-state index is 11.2. The number of rotatable bonds is 2. The molecule has 1 rings (SSSR count). The van der Waals surface area contributed by atoms with Gasteiger partial charge in [-0.2, -0.15) is 0 Å². The molecule has 78 valence electrons. The van der Waals surface area contributed by atoms with E-state index in [2.05, 4.69) is 5.32 Å². The Balaban J connectivity index is 2.55. The molecule has 13 heavy (non-hydrogen) atoms. The summed E-state index contributed by atoms with van der Waals surface area (Å²) in [5, 5.41) is 3.19. The molecule has 0 aromatic rings. The van der Waals surface area contributed by atoms with E-state index in [1.165, 1.54) is 6.26 Å². The first-order chi connectivity index (χ1) is 6.04. The summed E-state index contributed by atoms with van der Waals surface area (Å²) in [5.74, 6) is 0. The Morgan fingerprint density at radius 1 is 1.31 bits per heavy atom. The zero-order chi connectivity index (χ0) is 9.90. The molecule has 0 aromatic carbocycles. The molecule has 1 fully saturated rings. The van der Waals surface area contributed by atoms with E-state index >= 15 is 0 Å². The van der Waals surface area contributed by atoms with Crippen molar-refractivity contribution in [2.45, 2.75) is 25.3 Å². The summed E-state index contributed by atoms with van der Waals surface area (Å²) in [7, 11) is -1.04. The second kappa shape index (κ2) is 4.39. The summed E-state index contributed by atoms with van der Waals surface area (Å²) >= 11 is 0. The van der Waals surface area contributed by atoms with E-state index < -0.39 is 10.0 Å². The van der Waals surface area contributed by atoms with E-state index in [0.29, 0.717) is 19.1 Å². The largest absolute Gasteiger partial charge is 0.317 e. The lowest BCUT2D eigenvalue weighted by Gasteiger charge is -2.17. The molecule has 0 amide bonds. The van der Waals surface area contributed by atoms with Crippen LogP contribution in [-0.4, -0.2) is 45.2 Å². The monoisotopic (exact) mass is 206 g/mol. The summed E-state index contributed by atoms with van der Waals surface area (Å²) in [6.45, 7) is 1.33. The predicted octanol–water partition coefficient (Wildman–Crippen LogP) is 0.0199. The minimum absolute atomic E-state index is 0.478. The van der Waals surface area contributed by atoms with Crippen LogP contribution in [0.15, 0.2) is 0 Å². The normalized spacial score (nSPS) is 27.1. The molecule has 1 aliphatic heterocycles. The van der Waals surface area contributed by atoms with Gasteiger partial charge in [0.15, 0.2) is 0 Å². The van der Waals surface area contributed by atoms with Gasteiger partial charge < -0.3 is 5.32 Å². The summed E-state index contributed by atoms with van der Waals surface area (Å²) in [6.07, 6.45) is 4.23.